The zero-order chi connectivity index (χ0) is 25.9. The Bertz CT molecular complexity index is 1370. The minimum Gasteiger partial charge on any atom is -0.462 e. The molecule has 184 valence electrons. The number of allylic oxidation sites excluding steroid dienone is 1. The largest absolute Gasteiger partial charge is 0.462 e. The first kappa shape index (κ1) is 24.6. The second-order valence-electron chi connectivity index (χ2n) is 7.72. The Labute approximate surface area is 204 Å². The van der Waals surface area contributed by atoms with Gasteiger partial charge in [0, 0.05) is 41.1 Å². The first-order valence-electron chi connectivity index (χ1n) is 10.8. The van der Waals surface area contributed by atoms with Gasteiger partial charge in [-0.15, -0.1) is 0 Å². The molecule has 1 atom stereocenters. The Balaban J connectivity index is 1.78. The van der Waals surface area contributed by atoms with Gasteiger partial charge in [0.05, 0.1) is 23.8 Å². The van der Waals surface area contributed by atoms with E-state index in [1.54, 1.807) is 31.2 Å². The number of carbonyl (C=O) groups excluding carboxylic acids is 1. The highest BCUT2D eigenvalue weighted by Gasteiger charge is 2.43. The number of ether oxygens (including phenoxy) is 1. The van der Waals surface area contributed by atoms with Gasteiger partial charge in [0.2, 0.25) is 5.95 Å². The lowest BCUT2D eigenvalue weighted by molar-refractivity contribution is -0.142. The van der Waals surface area contributed by atoms with Crippen LogP contribution in [0.2, 0.25) is 0 Å². The molecule has 1 aromatic carbocycles. The van der Waals surface area contributed by atoms with Gasteiger partial charge in [0.1, 0.15) is 6.04 Å². The number of anilines is 3. The summed E-state index contributed by atoms with van der Waals surface area (Å²) in [5, 5.41) is 13.3. The molecule has 9 nitrogen and oxygen atoms in total. The van der Waals surface area contributed by atoms with Crippen molar-refractivity contribution in [3.63, 3.8) is 0 Å². The van der Waals surface area contributed by atoms with Crippen molar-refractivity contribution in [3.8, 4) is 17.2 Å². The molecule has 0 saturated heterocycles. The summed E-state index contributed by atoms with van der Waals surface area (Å²) in [7, 11) is 0. The van der Waals surface area contributed by atoms with Crippen LogP contribution in [0.5, 0.6) is 0 Å². The van der Waals surface area contributed by atoms with E-state index in [1.165, 1.54) is 36.6 Å². The van der Waals surface area contributed by atoms with Crippen molar-refractivity contribution < 1.29 is 22.7 Å². The van der Waals surface area contributed by atoms with Crippen molar-refractivity contribution in [1.82, 2.24) is 20.4 Å². The molecular formula is C24H20F3N7O2. The lowest BCUT2D eigenvalue weighted by Crippen LogP contribution is -2.45. The topological polar surface area (TPSA) is 116 Å². The number of rotatable bonds is 6. The number of benzene rings is 1. The van der Waals surface area contributed by atoms with Crippen LogP contribution in [0.25, 0.3) is 11.1 Å². The molecule has 0 saturated carbocycles. The van der Waals surface area contributed by atoms with Crippen LogP contribution in [0.3, 0.4) is 0 Å². The molecule has 1 unspecified atom stereocenters. The van der Waals surface area contributed by atoms with E-state index in [0.717, 1.165) is 6.08 Å². The molecule has 0 amide bonds. The average molecular weight is 495 g/mol. The smallest absolute Gasteiger partial charge is 0.409 e. The van der Waals surface area contributed by atoms with E-state index in [0.29, 0.717) is 22.4 Å². The predicted octanol–water partition coefficient (Wildman–Crippen LogP) is 4.49. The predicted molar refractivity (Wildman–Crippen MR) is 125 cm³/mol. The maximum Gasteiger partial charge on any atom is 0.409 e. The van der Waals surface area contributed by atoms with Crippen molar-refractivity contribution in [1.29, 1.82) is 5.26 Å². The zero-order valence-corrected chi connectivity index (χ0v) is 19.2. The van der Waals surface area contributed by atoms with E-state index in [1.807, 2.05) is 6.07 Å². The summed E-state index contributed by atoms with van der Waals surface area (Å²) < 4.78 is 45.3. The van der Waals surface area contributed by atoms with Crippen LogP contribution < -0.4 is 15.8 Å². The summed E-state index contributed by atoms with van der Waals surface area (Å²) in [5.41, 5.74) is 4.52. The van der Waals surface area contributed by atoms with Crippen molar-refractivity contribution >= 4 is 23.4 Å². The highest BCUT2D eigenvalue weighted by molar-refractivity contribution is 5.91. The van der Waals surface area contributed by atoms with Gasteiger partial charge in [-0.05, 0) is 44.2 Å². The fourth-order valence-corrected chi connectivity index (χ4v) is 3.51. The Hall–Kier alpha value is -4.50. The van der Waals surface area contributed by atoms with Gasteiger partial charge in [-0.3, -0.25) is 9.99 Å². The molecule has 0 radical (unpaired) electrons. The number of hydrogen-bond acceptors (Lipinski definition) is 9. The maximum absolute atomic E-state index is 13.4. The molecule has 4 rings (SSSR count). The van der Waals surface area contributed by atoms with Gasteiger partial charge in [-0.1, -0.05) is 6.07 Å². The van der Waals surface area contributed by atoms with Gasteiger partial charge in [0.15, 0.2) is 5.82 Å². The molecule has 0 spiro atoms. The molecule has 0 fully saturated rings. The number of nitrogens with one attached hydrogen (secondary N) is 2. The van der Waals surface area contributed by atoms with Crippen LogP contribution in [0, 0.1) is 11.3 Å². The monoisotopic (exact) mass is 495 g/mol. The second kappa shape index (κ2) is 10.0. The van der Waals surface area contributed by atoms with Crippen molar-refractivity contribution in [3.05, 3.63) is 71.8 Å². The van der Waals surface area contributed by atoms with E-state index in [2.05, 4.69) is 25.7 Å². The first-order chi connectivity index (χ1) is 17.2. The standard InChI is InChI=1S/C24H20F3N7O2/c1-3-36-22(35)17-9-16(11-29-12-17)19-13-30-23(31-18-6-4-5-15(8-18)10-28)32-21(19)34-14(2)7-20(33-34)24(25,26)27/h4-9,11-13,20,33H,3H2,1-2H3,(H,30,31,32). The average Bonchev–Trinajstić information content (AvgIpc) is 3.26. The third kappa shape index (κ3) is 5.26. The lowest BCUT2D eigenvalue weighted by Gasteiger charge is -2.25. The van der Waals surface area contributed by atoms with E-state index >= 15 is 0 Å². The minimum atomic E-state index is -4.52. The molecule has 0 bridgehead atoms. The molecule has 0 aliphatic carbocycles. The molecule has 1 aliphatic heterocycles. The summed E-state index contributed by atoms with van der Waals surface area (Å²) in [4.78, 5) is 25.0. The minimum absolute atomic E-state index is 0.0865. The summed E-state index contributed by atoms with van der Waals surface area (Å²) in [6.07, 6.45) is 0.723. The molecule has 2 aromatic heterocycles. The van der Waals surface area contributed by atoms with Gasteiger partial charge >= 0.3 is 12.1 Å². The zero-order valence-electron chi connectivity index (χ0n) is 19.2. The van der Waals surface area contributed by atoms with E-state index in [4.69, 9.17) is 10.00 Å². The molecule has 12 heteroatoms. The van der Waals surface area contributed by atoms with E-state index in [-0.39, 0.29) is 29.6 Å². The number of pyridine rings is 1. The second-order valence-corrected chi connectivity index (χ2v) is 7.72. The summed E-state index contributed by atoms with van der Waals surface area (Å²) in [5.74, 6) is -0.395. The Morgan fingerprint density at radius 3 is 2.78 bits per heavy atom. The van der Waals surface area contributed by atoms with E-state index < -0.39 is 18.2 Å². The number of alkyl halides is 3. The Kier molecular flexibility index (Phi) is 6.84. The highest BCUT2D eigenvalue weighted by atomic mass is 19.4. The summed E-state index contributed by atoms with van der Waals surface area (Å²) in [6.45, 7) is 3.36. The van der Waals surface area contributed by atoms with Gasteiger partial charge < -0.3 is 10.1 Å². The van der Waals surface area contributed by atoms with Crippen molar-refractivity contribution in [2.75, 3.05) is 16.9 Å². The van der Waals surface area contributed by atoms with Crippen LogP contribution in [-0.2, 0) is 4.74 Å². The van der Waals surface area contributed by atoms with Crippen LogP contribution in [0.4, 0.5) is 30.6 Å². The number of hydrazine groups is 1. The number of halogens is 3. The third-order valence-corrected chi connectivity index (χ3v) is 5.17. The number of hydrogen-bond donors (Lipinski definition) is 2. The number of esters is 1. The van der Waals surface area contributed by atoms with E-state index in [9.17, 15) is 18.0 Å². The highest BCUT2D eigenvalue weighted by Crippen LogP contribution is 2.35. The van der Waals surface area contributed by atoms with Crippen LogP contribution in [-0.4, -0.2) is 39.7 Å². The van der Waals surface area contributed by atoms with Crippen molar-refractivity contribution in [2.24, 2.45) is 0 Å². The molecule has 1 aliphatic rings. The Morgan fingerprint density at radius 2 is 2.08 bits per heavy atom. The molecule has 2 N–H and O–H groups in total. The van der Waals surface area contributed by atoms with Crippen molar-refractivity contribution in [2.45, 2.75) is 26.1 Å². The fourth-order valence-electron chi connectivity index (χ4n) is 3.51. The number of carbonyl (C=O) groups is 1. The lowest BCUT2D eigenvalue weighted by atomic mass is 10.1. The van der Waals surface area contributed by atoms with Crippen LogP contribution in [0.15, 0.2) is 60.7 Å². The fraction of sp³-hybridized carbons (Fsp3) is 0.208. The van der Waals surface area contributed by atoms with Gasteiger partial charge in [0.25, 0.3) is 0 Å². The molecule has 36 heavy (non-hydrogen) atoms. The quantitative estimate of drug-likeness (QED) is 0.477. The van der Waals surface area contributed by atoms with Gasteiger partial charge in [-0.2, -0.15) is 23.4 Å². The number of nitriles is 1. The molecular weight excluding hydrogens is 475 g/mol. The Morgan fingerprint density at radius 1 is 1.28 bits per heavy atom. The third-order valence-electron chi connectivity index (χ3n) is 5.17. The maximum atomic E-state index is 13.4. The van der Waals surface area contributed by atoms with Crippen LogP contribution >= 0.6 is 0 Å². The normalized spacial score (nSPS) is 15.3. The summed E-state index contributed by atoms with van der Waals surface area (Å²) in [6, 6.07) is 8.21. The number of nitrogens with zero attached hydrogens (tertiary/aromatic N) is 5. The molecule has 3 aromatic rings. The first-order valence-corrected chi connectivity index (χ1v) is 10.8. The van der Waals surface area contributed by atoms with Gasteiger partial charge in [-0.25, -0.2) is 15.2 Å². The van der Waals surface area contributed by atoms with Crippen LogP contribution in [0.1, 0.15) is 29.8 Å². The summed E-state index contributed by atoms with van der Waals surface area (Å²) >= 11 is 0. The SMILES string of the molecule is CCOC(=O)c1cncc(-c2cnc(Nc3cccc(C#N)c3)nc2N2NC(C(F)(F)F)C=C2C)c1. The molecule has 3 heterocycles. The number of aromatic nitrogens is 3.